The molecule has 0 aliphatic heterocycles. The lowest BCUT2D eigenvalue weighted by molar-refractivity contribution is -0.119. The maximum absolute atomic E-state index is 12.0. The number of carbonyl (C=O) groups excluding carboxylic acids is 1. The molecule has 1 atom stereocenters. The van der Waals surface area contributed by atoms with E-state index < -0.39 is 0 Å². The average molecular weight is 361 g/mol. The summed E-state index contributed by atoms with van der Waals surface area (Å²) in [6, 6.07) is 8.49. The van der Waals surface area contributed by atoms with Crippen LogP contribution in [-0.4, -0.2) is 32.9 Å². The highest BCUT2D eigenvalue weighted by molar-refractivity contribution is 7.99. The number of carbonyl (C=O) groups is 1. The Labute approximate surface area is 154 Å². The number of unbranched alkanes of at least 4 members (excludes halogenated alkanes) is 2. The number of rotatable bonds is 10. The summed E-state index contributed by atoms with van der Waals surface area (Å²) in [5.41, 5.74) is 2.30. The molecule has 25 heavy (non-hydrogen) atoms. The third kappa shape index (κ3) is 6.53. The second-order valence-corrected chi connectivity index (χ2v) is 7.21. The fourth-order valence-corrected chi connectivity index (χ4v) is 3.17. The van der Waals surface area contributed by atoms with Gasteiger partial charge in [0.2, 0.25) is 11.1 Å². The highest BCUT2D eigenvalue weighted by Gasteiger charge is 2.11. The summed E-state index contributed by atoms with van der Waals surface area (Å²) in [6.45, 7) is 6.38. The molecule has 6 heteroatoms. The molecule has 2 N–H and O–H groups in total. The third-order valence-corrected chi connectivity index (χ3v) is 4.93. The molecule has 0 spiro atoms. The first kappa shape index (κ1) is 19.5. The molecule has 1 heterocycles. The van der Waals surface area contributed by atoms with Crippen LogP contribution in [0.4, 0.5) is 0 Å². The number of aromatic amines is 1. The van der Waals surface area contributed by atoms with Gasteiger partial charge in [0.25, 0.3) is 0 Å². The normalized spacial score (nSPS) is 12.1. The summed E-state index contributed by atoms with van der Waals surface area (Å²) in [7, 11) is 0. The summed E-state index contributed by atoms with van der Waals surface area (Å²) in [5.74, 6) is 1.11. The number of aryl methyl sites for hydroxylation is 1. The van der Waals surface area contributed by atoms with Gasteiger partial charge in [-0.1, -0.05) is 69.1 Å². The summed E-state index contributed by atoms with van der Waals surface area (Å²) < 4.78 is 0. The van der Waals surface area contributed by atoms with Gasteiger partial charge in [-0.15, -0.1) is 5.10 Å². The lowest BCUT2D eigenvalue weighted by atomic mass is 10.1. The van der Waals surface area contributed by atoms with Crippen molar-refractivity contribution in [3.63, 3.8) is 0 Å². The largest absolute Gasteiger partial charge is 0.353 e. The number of nitrogens with zero attached hydrogens (tertiary/aromatic N) is 2. The van der Waals surface area contributed by atoms with Crippen LogP contribution in [-0.2, 0) is 11.2 Å². The van der Waals surface area contributed by atoms with E-state index in [9.17, 15) is 4.79 Å². The maximum Gasteiger partial charge on any atom is 0.230 e. The number of nitrogens with one attached hydrogen (secondary N) is 2. The van der Waals surface area contributed by atoms with Crippen molar-refractivity contribution in [2.24, 2.45) is 0 Å². The Kier molecular flexibility index (Phi) is 7.98. The van der Waals surface area contributed by atoms with Crippen LogP contribution < -0.4 is 5.32 Å². The van der Waals surface area contributed by atoms with Crippen LogP contribution in [0.2, 0.25) is 0 Å². The minimum absolute atomic E-state index is 0.0349. The molecular formula is C19H28N4OS. The predicted molar refractivity (Wildman–Crippen MR) is 104 cm³/mol. The molecule has 2 rings (SSSR count). The molecule has 0 aliphatic carbocycles. The Morgan fingerprint density at radius 3 is 2.68 bits per heavy atom. The van der Waals surface area contributed by atoms with E-state index in [-0.39, 0.29) is 11.9 Å². The van der Waals surface area contributed by atoms with E-state index in [1.807, 2.05) is 12.1 Å². The SMILES string of the molecule is CCCCC[C@@H](C)NC(=O)CSc1n[nH]c(-c2ccc(CC)cc2)n1. The first-order valence-electron chi connectivity index (χ1n) is 9.06. The molecule has 5 nitrogen and oxygen atoms in total. The third-order valence-electron chi connectivity index (χ3n) is 4.08. The zero-order valence-electron chi connectivity index (χ0n) is 15.3. The number of hydrogen-bond donors (Lipinski definition) is 2. The number of thioether (sulfide) groups is 1. The molecule has 1 amide bonds. The highest BCUT2D eigenvalue weighted by Crippen LogP contribution is 2.19. The number of benzene rings is 1. The van der Waals surface area contributed by atoms with Crippen molar-refractivity contribution in [2.75, 3.05) is 5.75 Å². The van der Waals surface area contributed by atoms with Crippen LogP contribution >= 0.6 is 11.8 Å². The van der Waals surface area contributed by atoms with Gasteiger partial charge in [0.05, 0.1) is 5.75 Å². The van der Waals surface area contributed by atoms with Crippen molar-refractivity contribution in [1.82, 2.24) is 20.5 Å². The summed E-state index contributed by atoms with van der Waals surface area (Å²) in [6.07, 6.45) is 5.62. The smallest absolute Gasteiger partial charge is 0.230 e. The Hall–Kier alpha value is -1.82. The Morgan fingerprint density at radius 1 is 1.24 bits per heavy atom. The van der Waals surface area contributed by atoms with E-state index in [2.05, 4.69) is 53.4 Å². The van der Waals surface area contributed by atoms with Crippen molar-refractivity contribution < 1.29 is 4.79 Å². The summed E-state index contributed by atoms with van der Waals surface area (Å²) >= 11 is 1.36. The molecule has 2 aromatic rings. The van der Waals surface area contributed by atoms with E-state index in [1.165, 1.54) is 30.2 Å². The average Bonchev–Trinajstić information content (AvgIpc) is 3.09. The Balaban J connectivity index is 1.79. The van der Waals surface area contributed by atoms with Crippen molar-refractivity contribution in [3.05, 3.63) is 29.8 Å². The molecule has 0 aliphatic rings. The fraction of sp³-hybridized carbons (Fsp3) is 0.526. The molecule has 0 unspecified atom stereocenters. The minimum atomic E-state index is 0.0349. The standard InChI is InChI=1S/C19H28N4OS/c1-4-6-7-8-14(3)20-17(24)13-25-19-21-18(22-23-19)16-11-9-15(5-2)10-12-16/h9-12,14H,4-8,13H2,1-3H3,(H,20,24)(H,21,22,23)/t14-/m1/s1. The minimum Gasteiger partial charge on any atom is -0.353 e. The van der Waals surface area contributed by atoms with Gasteiger partial charge < -0.3 is 5.32 Å². The van der Waals surface area contributed by atoms with Gasteiger partial charge >= 0.3 is 0 Å². The molecule has 0 saturated heterocycles. The number of hydrogen-bond acceptors (Lipinski definition) is 4. The second-order valence-electron chi connectivity index (χ2n) is 6.27. The monoisotopic (exact) mass is 360 g/mol. The fourth-order valence-electron chi connectivity index (χ4n) is 2.56. The van der Waals surface area contributed by atoms with E-state index >= 15 is 0 Å². The number of amides is 1. The molecule has 1 aromatic carbocycles. The molecule has 1 aromatic heterocycles. The van der Waals surface area contributed by atoms with Gasteiger partial charge in [0.15, 0.2) is 5.82 Å². The van der Waals surface area contributed by atoms with Crippen LogP contribution in [0.15, 0.2) is 29.4 Å². The van der Waals surface area contributed by atoms with Gasteiger partial charge in [-0.05, 0) is 25.3 Å². The number of H-pyrrole nitrogens is 1. The Morgan fingerprint density at radius 2 is 2.00 bits per heavy atom. The van der Waals surface area contributed by atoms with Crippen LogP contribution in [0.1, 0.15) is 52.0 Å². The van der Waals surface area contributed by atoms with Crippen molar-refractivity contribution in [1.29, 1.82) is 0 Å². The maximum atomic E-state index is 12.0. The zero-order valence-corrected chi connectivity index (χ0v) is 16.2. The molecule has 0 saturated carbocycles. The van der Waals surface area contributed by atoms with E-state index in [1.54, 1.807) is 0 Å². The molecule has 136 valence electrons. The van der Waals surface area contributed by atoms with Gasteiger partial charge in [-0.25, -0.2) is 4.98 Å². The number of aromatic nitrogens is 3. The molecule has 0 radical (unpaired) electrons. The van der Waals surface area contributed by atoms with Crippen LogP contribution in [0, 0.1) is 0 Å². The van der Waals surface area contributed by atoms with Gasteiger partial charge in [-0.2, -0.15) is 0 Å². The zero-order chi connectivity index (χ0) is 18.1. The first-order valence-corrected chi connectivity index (χ1v) is 10.0. The first-order chi connectivity index (χ1) is 12.1. The van der Waals surface area contributed by atoms with E-state index in [0.29, 0.717) is 10.9 Å². The van der Waals surface area contributed by atoms with Gasteiger partial charge in [0, 0.05) is 11.6 Å². The molecule has 0 bridgehead atoms. The van der Waals surface area contributed by atoms with Crippen LogP contribution in [0.3, 0.4) is 0 Å². The van der Waals surface area contributed by atoms with Crippen molar-refractivity contribution >= 4 is 17.7 Å². The summed E-state index contributed by atoms with van der Waals surface area (Å²) in [4.78, 5) is 16.5. The van der Waals surface area contributed by atoms with Gasteiger partial charge in [0.1, 0.15) is 0 Å². The topological polar surface area (TPSA) is 70.7 Å². The second kappa shape index (κ2) is 10.2. The van der Waals surface area contributed by atoms with Crippen molar-refractivity contribution in [2.45, 2.75) is 64.1 Å². The quantitative estimate of drug-likeness (QED) is 0.492. The summed E-state index contributed by atoms with van der Waals surface area (Å²) in [5, 5.41) is 10.8. The van der Waals surface area contributed by atoms with Crippen LogP contribution in [0.25, 0.3) is 11.4 Å². The van der Waals surface area contributed by atoms with Gasteiger partial charge in [-0.3, -0.25) is 9.89 Å². The van der Waals surface area contributed by atoms with E-state index in [0.717, 1.165) is 30.7 Å². The molecular weight excluding hydrogens is 332 g/mol. The molecule has 0 fully saturated rings. The predicted octanol–water partition coefficient (Wildman–Crippen LogP) is 4.21. The van der Waals surface area contributed by atoms with Crippen molar-refractivity contribution in [3.8, 4) is 11.4 Å². The lowest BCUT2D eigenvalue weighted by Gasteiger charge is -2.12. The Bertz CT molecular complexity index is 654. The lowest BCUT2D eigenvalue weighted by Crippen LogP contribution is -2.33. The van der Waals surface area contributed by atoms with E-state index in [4.69, 9.17) is 0 Å². The highest BCUT2D eigenvalue weighted by atomic mass is 32.2. The van der Waals surface area contributed by atoms with Crippen LogP contribution in [0.5, 0.6) is 0 Å².